The first-order valence-electron chi connectivity index (χ1n) is 6.10. The number of halogens is 2. The van der Waals surface area contributed by atoms with E-state index in [1.165, 1.54) is 0 Å². The smallest absolute Gasteiger partial charge is 0.312 e. The molecule has 0 bridgehead atoms. The molecule has 6 nitrogen and oxygen atoms in total. The third-order valence-electron chi connectivity index (χ3n) is 2.44. The van der Waals surface area contributed by atoms with E-state index in [4.69, 9.17) is 4.74 Å². The molecule has 0 heterocycles. The van der Waals surface area contributed by atoms with Crippen molar-refractivity contribution in [3.63, 3.8) is 0 Å². The third-order valence-corrected chi connectivity index (χ3v) is 3.04. The molecule has 0 aliphatic carbocycles. The summed E-state index contributed by atoms with van der Waals surface area (Å²) in [5.74, 6) is -0.866. The minimum absolute atomic E-state index is 0.0123. The fourth-order valence-corrected chi connectivity index (χ4v) is 1.80. The Morgan fingerprint density at radius 1 is 1.60 bits per heavy atom. The first-order valence-corrected chi connectivity index (χ1v) is 6.90. The Morgan fingerprint density at radius 2 is 2.30 bits per heavy atom. The Kier molecular flexibility index (Phi) is 6.83. The summed E-state index contributed by atoms with van der Waals surface area (Å²) in [6.07, 6.45) is 0.101. The zero-order chi connectivity index (χ0) is 15.1. The van der Waals surface area contributed by atoms with Crippen molar-refractivity contribution in [2.75, 3.05) is 19.7 Å². The lowest BCUT2D eigenvalue weighted by molar-refractivity contribution is -0.386. The first kappa shape index (κ1) is 16.8. The van der Waals surface area contributed by atoms with Crippen LogP contribution in [0, 0.1) is 15.9 Å². The van der Waals surface area contributed by atoms with Crippen LogP contribution in [0.5, 0.6) is 5.75 Å². The summed E-state index contributed by atoms with van der Waals surface area (Å²) >= 11 is 2.88. The molecule has 0 saturated heterocycles. The highest BCUT2D eigenvalue weighted by molar-refractivity contribution is 9.10. The molecule has 8 heteroatoms. The maximum absolute atomic E-state index is 13.4. The zero-order valence-electron chi connectivity index (χ0n) is 10.9. The van der Waals surface area contributed by atoms with Crippen molar-refractivity contribution in [1.82, 2.24) is 5.32 Å². The molecule has 0 fully saturated rings. The summed E-state index contributed by atoms with van der Waals surface area (Å²) in [6.45, 7) is 2.90. The molecular formula is C12H16BrFN2O4. The molecule has 1 aromatic rings. The van der Waals surface area contributed by atoms with Gasteiger partial charge in [-0.3, -0.25) is 10.1 Å². The lowest BCUT2D eigenvalue weighted by Gasteiger charge is -2.13. The van der Waals surface area contributed by atoms with Gasteiger partial charge in [-0.1, -0.05) is 6.92 Å². The van der Waals surface area contributed by atoms with E-state index in [9.17, 15) is 19.6 Å². The van der Waals surface area contributed by atoms with Crippen LogP contribution < -0.4 is 10.1 Å². The number of nitro benzene ring substituents is 1. The van der Waals surface area contributed by atoms with Crippen LogP contribution in [0.1, 0.15) is 13.3 Å². The van der Waals surface area contributed by atoms with Crippen molar-refractivity contribution in [1.29, 1.82) is 0 Å². The molecule has 0 spiro atoms. The minimum Gasteiger partial charge on any atom is -0.484 e. The molecule has 1 atom stereocenters. The molecule has 0 saturated carbocycles. The number of hydrogen-bond acceptors (Lipinski definition) is 5. The number of ether oxygens (including phenoxy) is 1. The number of aliphatic hydroxyl groups excluding tert-OH is 1. The molecular weight excluding hydrogens is 335 g/mol. The quantitative estimate of drug-likeness (QED) is 0.426. The average Bonchev–Trinajstić information content (AvgIpc) is 2.39. The molecule has 112 valence electrons. The summed E-state index contributed by atoms with van der Waals surface area (Å²) in [6, 6.07) is 1.96. The van der Waals surface area contributed by atoms with E-state index < -0.39 is 16.8 Å². The molecule has 1 rings (SSSR count). The summed E-state index contributed by atoms with van der Waals surface area (Å²) in [4.78, 5) is 10.2. The van der Waals surface area contributed by atoms with Gasteiger partial charge in [0.1, 0.15) is 18.5 Å². The summed E-state index contributed by atoms with van der Waals surface area (Å²) in [5, 5.41) is 23.5. The van der Waals surface area contributed by atoms with Crippen LogP contribution in [0.4, 0.5) is 10.1 Å². The van der Waals surface area contributed by atoms with E-state index in [-0.39, 0.29) is 22.5 Å². The number of aliphatic hydroxyl groups is 1. The molecule has 1 unspecified atom stereocenters. The molecule has 2 N–H and O–H groups in total. The normalized spacial score (nSPS) is 12.2. The standard InChI is InChI=1S/C12H16BrFN2O4/c1-2-3-15-6-8(17)7-20-12-5-10(14)9(13)4-11(12)16(18)19/h4-5,8,15,17H,2-3,6-7H2,1H3. The van der Waals surface area contributed by atoms with Gasteiger partial charge in [0, 0.05) is 18.7 Å². The van der Waals surface area contributed by atoms with E-state index in [0.717, 1.165) is 25.1 Å². The zero-order valence-corrected chi connectivity index (χ0v) is 12.5. The van der Waals surface area contributed by atoms with E-state index in [1.807, 2.05) is 6.92 Å². The molecule has 0 aromatic heterocycles. The van der Waals surface area contributed by atoms with E-state index in [1.54, 1.807) is 0 Å². The van der Waals surface area contributed by atoms with Crippen LogP contribution in [-0.2, 0) is 0 Å². The summed E-state index contributed by atoms with van der Waals surface area (Å²) in [5.41, 5.74) is -0.355. The van der Waals surface area contributed by atoms with Gasteiger partial charge in [0.15, 0.2) is 5.75 Å². The summed E-state index contributed by atoms with van der Waals surface area (Å²) in [7, 11) is 0. The number of hydrogen-bond donors (Lipinski definition) is 2. The molecule has 0 radical (unpaired) electrons. The Labute approximate surface area is 124 Å². The van der Waals surface area contributed by atoms with Crippen molar-refractivity contribution in [2.24, 2.45) is 0 Å². The fraction of sp³-hybridized carbons (Fsp3) is 0.500. The fourth-order valence-electron chi connectivity index (χ4n) is 1.47. The van der Waals surface area contributed by atoms with Crippen LogP contribution in [0.3, 0.4) is 0 Å². The molecule has 0 aliphatic rings. The van der Waals surface area contributed by atoms with Crippen LogP contribution >= 0.6 is 15.9 Å². The van der Waals surface area contributed by atoms with Gasteiger partial charge < -0.3 is 15.2 Å². The molecule has 0 aliphatic heterocycles. The van der Waals surface area contributed by atoms with Gasteiger partial charge in [0.2, 0.25) is 0 Å². The van der Waals surface area contributed by atoms with E-state index >= 15 is 0 Å². The second kappa shape index (κ2) is 8.13. The van der Waals surface area contributed by atoms with Gasteiger partial charge >= 0.3 is 5.69 Å². The van der Waals surface area contributed by atoms with Crippen molar-refractivity contribution in [2.45, 2.75) is 19.4 Å². The van der Waals surface area contributed by atoms with Crippen molar-refractivity contribution in [3.8, 4) is 5.75 Å². The minimum atomic E-state index is -0.826. The van der Waals surface area contributed by atoms with Crippen LogP contribution in [0.25, 0.3) is 0 Å². The van der Waals surface area contributed by atoms with Crippen LogP contribution in [0.15, 0.2) is 16.6 Å². The van der Waals surface area contributed by atoms with E-state index in [2.05, 4.69) is 21.2 Å². The van der Waals surface area contributed by atoms with Crippen molar-refractivity contribution in [3.05, 3.63) is 32.5 Å². The number of benzene rings is 1. The lowest BCUT2D eigenvalue weighted by Crippen LogP contribution is -2.31. The van der Waals surface area contributed by atoms with Crippen molar-refractivity contribution < 1.29 is 19.2 Å². The Balaban J connectivity index is 2.67. The largest absolute Gasteiger partial charge is 0.484 e. The van der Waals surface area contributed by atoms with E-state index in [0.29, 0.717) is 6.54 Å². The van der Waals surface area contributed by atoms with Crippen molar-refractivity contribution >= 4 is 21.6 Å². The predicted octanol–water partition coefficient (Wildman–Crippen LogP) is 2.24. The number of nitro groups is 1. The highest BCUT2D eigenvalue weighted by Crippen LogP contribution is 2.32. The topological polar surface area (TPSA) is 84.6 Å². The maximum Gasteiger partial charge on any atom is 0.312 e. The summed E-state index contributed by atoms with van der Waals surface area (Å²) < 4.78 is 18.5. The number of nitrogens with one attached hydrogen (secondary N) is 1. The first-order chi connectivity index (χ1) is 9.45. The highest BCUT2D eigenvalue weighted by atomic mass is 79.9. The molecule has 0 amide bonds. The maximum atomic E-state index is 13.4. The average molecular weight is 351 g/mol. The number of nitrogens with zero attached hydrogens (tertiary/aromatic N) is 1. The van der Waals surface area contributed by atoms with Gasteiger partial charge in [0.25, 0.3) is 0 Å². The van der Waals surface area contributed by atoms with Crippen LogP contribution in [-0.4, -0.2) is 35.8 Å². The van der Waals surface area contributed by atoms with Gasteiger partial charge in [-0.2, -0.15) is 0 Å². The highest BCUT2D eigenvalue weighted by Gasteiger charge is 2.19. The third kappa shape index (κ3) is 5.03. The SMILES string of the molecule is CCCNCC(O)COc1cc(F)c(Br)cc1[N+](=O)[O-]. The molecule has 20 heavy (non-hydrogen) atoms. The Bertz CT molecular complexity index is 473. The Hall–Kier alpha value is -1.25. The lowest BCUT2D eigenvalue weighted by atomic mass is 10.3. The Morgan fingerprint density at radius 3 is 2.90 bits per heavy atom. The predicted molar refractivity (Wildman–Crippen MR) is 75.4 cm³/mol. The second-order valence-electron chi connectivity index (χ2n) is 4.16. The van der Waals surface area contributed by atoms with Gasteiger partial charge in [-0.15, -0.1) is 0 Å². The van der Waals surface area contributed by atoms with Crippen LogP contribution in [0.2, 0.25) is 0 Å². The van der Waals surface area contributed by atoms with Gasteiger partial charge in [-0.05, 0) is 28.9 Å². The molecule has 1 aromatic carbocycles. The second-order valence-corrected chi connectivity index (χ2v) is 5.01. The monoisotopic (exact) mass is 350 g/mol. The van der Waals surface area contributed by atoms with Gasteiger partial charge in [0.05, 0.1) is 9.40 Å². The van der Waals surface area contributed by atoms with Gasteiger partial charge in [-0.25, -0.2) is 4.39 Å². The number of rotatable bonds is 8.